The molecule has 0 saturated carbocycles. The van der Waals surface area contributed by atoms with Crippen LogP contribution in [0.3, 0.4) is 0 Å². The maximum atomic E-state index is 5.35. The van der Waals surface area contributed by atoms with E-state index in [1.54, 1.807) is 0 Å². The average molecular weight is 1410 g/mol. The summed E-state index contributed by atoms with van der Waals surface area (Å²) >= 11 is 0. The van der Waals surface area contributed by atoms with E-state index in [9.17, 15) is 0 Å². The summed E-state index contributed by atoms with van der Waals surface area (Å²) in [5.41, 5.74) is 32.3. The van der Waals surface area contributed by atoms with Crippen molar-refractivity contribution in [1.82, 2.24) is 39.9 Å². The molecule has 13 nitrogen and oxygen atoms in total. The summed E-state index contributed by atoms with van der Waals surface area (Å²) in [6.07, 6.45) is 17.1. The fourth-order valence-corrected chi connectivity index (χ4v) is 13.7. The molecule has 0 saturated heterocycles. The van der Waals surface area contributed by atoms with Gasteiger partial charge in [0.1, 0.15) is 0 Å². The molecule has 103 heavy (non-hydrogen) atoms. The van der Waals surface area contributed by atoms with Crippen LogP contribution in [-0.2, 0) is 64.5 Å². The molecule has 8 aromatic carbocycles. The van der Waals surface area contributed by atoms with Crippen LogP contribution in [0.25, 0.3) is 182 Å². The minimum Gasteiger partial charge on any atom is -2.00 e. The van der Waals surface area contributed by atoms with E-state index in [1.807, 2.05) is 48.5 Å². The Morgan fingerprint density at radius 1 is 0.146 bits per heavy atom. The van der Waals surface area contributed by atoms with Crippen molar-refractivity contribution in [3.63, 3.8) is 0 Å². The zero-order valence-corrected chi connectivity index (χ0v) is 57.8. The predicted octanol–water partition coefficient (Wildman–Crippen LogP) is 22.0. The monoisotopic (exact) mass is 1410 g/mol. The minimum absolute atomic E-state index is 0. The molecule has 0 amide bonds. The van der Waals surface area contributed by atoms with Gasteiger partial charge in [0.15, 0.2) is 0 Å². The molecule has 6 aromatic heterocycles. The zero-order valence-electron chi connectivity index (χ0n) is 55.1. The van der Waals surface area contributed by atoms with Gasteiger partial charge in [-0.1, -0.05) is 243 Å². The van der Waals surface area contributed by atoms with Gasteiger partial charge >= 0.3 is 0 Å². The second-order valence-electron chi connectivity index (χ2n) is 23.9. The molecule has 4 aliphatic rings. The van der Waals surface area contributed by atoms with E-state index in [2.05, 4.69) is 311 Å². The predicted molar refractivity (Wildman–Crippen MR) is 405 cm³/mol. The Morgan fingerprint density at radius 2 is 0.252 bits per heavy atom. The van der Waals surface area contributed by atoms with Crippen LogP contribution in [0, 0.1) is 0 Å². The van der Waals surface area contributed by atoms with E-state index >= 15 is 0 Å². The van der Waals surface area contributed by atoms with Crippen LogP contribution >= 0.6 is 0 Å². The molecule has 502 valence electrons. The van der Waals surface area contributed by atoms with Gasteiger partial charge in [0, 0.05) is 126 Å². The SMILES string of the molecule is C1=Cc2nc1c(-c1ccccc1)c1ccc([nH]1)c(-c1ccccc1)c1nc(c(-c3ccccc3)c3ccc([nH]3)c2-c2ccccc2)C=C1.C1=Cc2nc1c(-c1ccccc1)c1ccc([nH]1)c(-c1ccccc1)c1nc(c(-c3ccccc3)c3ccc([nH]3)c2-c2ccccc2)C=C1.[O-2].[O-2].[O-2].[O-2].[O-2].[V].[V]. The van der Waals surface area contributed by atoms with E-state index < -0.39 is 0 Å². The number of rotatable bonds is 8. The van der Waals surface area contributed by atoms with Crippen molar-refractivity contribution in [1.29, 1.82) is 0 Å². The van der Waals surface area contributed by atoms with Gasteiger partial charge in [0.25, 0.3) is 0 Å². The zero-order chi connectivity index (χ0) is 63.7. The Bertz CT molecular complexity index is 4750. The van der Waals surface area contributed by atoms with Crippen molar-refractivity contribution >= 4 is 92.7 Å². The fraction of sp³-hybridized carbons (Fsp3) is 0. The molecule has 16 bridgehead atoms. The number of nitrogens with zero attached hydrogens (tertiary/aromatic N) is 4. The molecule has 0 fully saturated rings. The van der Waals surface area contributed by atoms with E-state index in [1.165, 1.54) is 0 Å². The third-order valence-corrected chi connectivity index (χ3v) is 18.0. The first-order valence-electron chi connectivity index (χ1n) is 32.4. The Morgan fingerprint density at radius 3 is 0.359 bits per heavy atom. The van der Waals surface area contributed by atoms with Crippen LogP contribution in [-0.4, -0.2) is 39.9 Å². The van der Waals surface area contributed by atoms with Crippen molar-refractivity contribution < 1.29 is 64.5 Å². The molecule has 4 aliphatic heterocycles. The number of H-pyrrole nitrogens is 4. The molecule has 10 heterocycles. The van der Waals surface area contributed by atoms with Gasteiger partial charge in [-0.05, 0) is 142 Å². The molecule has 4 N–H and O–H groups in total. The number of aromatic amines is 4. The normalized spacial score (nSPS) is 11.2. The molecule has 2 radical (unpaired) electrons. The van der Waals surface area contributed by atoms with Crippen LogP contribution in [0.2, 0.25) is 0 Å². The molecular formula is C88H60N8O5V2-10. The van der Waals surface area contributed by atoms with E-state index in [-0.39, 0.29) is 64.5 Å². The number of fused-ring (bicyclic) bond motifs is 16. The number of hydrogen-bond donors (Lipinski definition) is 4. The fourth-order valence-electron chi connectivity index (χ4n) is 13.7. The van der Waals surface area contributed by atoms with Gasteiger partial charge in [0.05, 0.1) is 45.6 Å². The maximum Gasteiger partial charge on any atom is 0.0737 e. The van der Waals surface area contributed by atoms with Gasteiger partial charge in [-0.15, -0.1) is 0 Å². The van der Waals surface area contributed by atoms with Crippen LogP contribution in [0.4, 0.5) is 0 Å². The Kier molecular flexibility index (Phi) is 23.2. The van der Waals surface area contributed by atoms with E-state index in [0.29, 0.717) is 0 Å². The summed E-state index contributed by atoms with van der Waals surface area (Å²) < 4.78 is 0. The number of aromatic nitrogens is 8. The molecule has 0 unspecified atom stereocenters. The van der Waals surface area contributed by atoms with Crippen molar-refractivity contribution in [2.75, 3.05) is 0 Å². The molecule has 14 aromatic rings. The van der Waals surface area contributed by atoms with Gasteiger partial charge in [-0.25, -0.2) is 19.9 Å². The number of nitrogens with one attached hydrogen (secondary N) is 4. The van der Waals surface area contributed by atoms with Gasteiger partial charge in [-0.2, -0.15) is 0 Å². The molecule has 18 rings (SSSR count). The first kappa shape index (κ1) is 73.6. The molecule has 0 spiro atoms. The van der Waals surface area contributed by atoms with Crippen LogP contribution in [0.5, 0.6) is 0 Å². The summed E-state index contributed by atoms with van der Waals surface area (Å²) in [6.45, 7) is 0. The number of hydrogen-bond acceptors (Lipinski definition) is 4. The molecular weight excluding hydrogens is 1350 g/mol. The van der Waals surface area contributed by atoms with Crippen LogP contribution in [0.15, 0.2) is 291 Å². The third kappa shape index (κ3) is 14.4. The van der Waals surface area contributed by atoms with Gasteiger partial charge in [-0.3, -0.25) is 0 Å². The summed E-state index contributed by atoms with van der Waals surface area (Å²) in [4.78, 5) is 36.6. The summed E-state index contributed by atoms with van der Waals surface area (Å²) in [7, 11) is 0. The van der Waals surface area contributed by atoms with Crippen LogP contribution < -0.4 is 0 Å². The van der Waals surface area contributed by atoms with Gasteiger partial charge in [0.2, 0.25) is 0 Å². The van der Waals surface area contributed by atoms with E-state index in [0.717, 1.165) is 179 Å². The molecule has 0 atom stereocenters. The maximum absolute atomic E-state index is 5.35. The Labute approximate surface area is 618 Å². The second kappa shape index (κ2) is 32.5. The van der Waals surface area contributed by atoms with Crippen molar-refractivity contribution in [2.45, 2.75) is 0 Å². The minimum atomic E-state index is 0. The molecule has 0 aliphatic carbocycles. The second-order valence-corrected chi connectivity index (χ2v) is 23.9. The third-order valence-electron chi connectivity index (χ3n) is 18.0. The van der Waals surface area contributed by atoms with Crippen LogP contribution in [0.1, 0.15) is 45.6 Å². The average Bonchev–Trinajstić information content (AvgIpc) is 1.63. The molecule has 15 heteroatoms. The summed E-state index contributed by atoms with van der Waals surface area (Å²) in [6, 6.07) is 101. The standard InChI is InChI=1S/2C44H30N4.5O.2V/c2*1-5-13-29(14-6-1)41-33-21-23-35(45-33)42(30-15-7-2-8-16-30)37-25-27-39(47-37)44(32-19-11-4-12-20-32)40-28-26-38(48-40)43(31-17-9-3-10-18-31)36-24-22-34(41)46-36;;;;;;;/h2*1-28,45,48H;;;;;;;/q;;5*-2;;. The van der Waals surface area contributed by atoms with Crippen molar-refractivity contribution in [3.05, 3.63) is 337 Å². The number of benzene rings is 8. The van der Waals surface area contributed by atoms with Gasteiger partial charge < -0.3 is 47.3 Å². The Hall–Kier alpha value is -12.1. The van der Waals surface area contributed by atoms with E-state index in [4.69, 9.17) is 19.9 Å². The van der Waals surface area contributed by atoms with Crippen molar-refractivity contribution in [3.8, 4) is 89.0 Å². The Balaban J connectivity index is 0.000000207. The largest absolute Gasteiger partial charge is 2.00 e. The smallest absolute Gasteiger partial charge is 0.0737 e. The first-order valence-corrected chi connectivity index (χ1v) is 32.4. The summed E-state index contributed by atoms with van der Waals surface area (Å²) in [5.74, 6) is 0. The summed E-state index contributed by atoms with van der Waals surface area (Å²) in [5, 5.41) is 0. The first-order chi connectivity index (χ1) is 47.6. The quantitative estimate of drug-likeness (QED) is 0.116. The topological polar surface area (TPSA) is 257 Å². The van der Waals surface area contributed by atoms with Crippen molar-refractivity contribution in [2.24, 2.45) is 0 Å².